The number of likely N-dealkylation sites (tertiary alicyclic amines) is 1. The Morgan fingerprint density at radius 3 is 2.89 bits per heavy atom. The summed E-state index contributed by atoms with van der Waals surface area (Å²) in [5, 5.41) is 20.5. The maximum absolute atomic E-state index is 12.3. The maximum Gasteiger partial charge on any atom is 0.273 e. The molecule has 1 aliphatic heterocycles. The fraction of sp³-hybridized carbons (Fsp3) is 0.462. The average Bonchev–Trinajstić information content (AvgIpc) is 2.38. The van der Waals surface area contributed by atoms with Crippen LogP contribution in [0.15, 0.2) is 18.2 Å². The van der Waals surface area contributed by atoms with Crippen LogP contribution >= 0.6 is 0 Å². The molecular weight excluding hydrogens is 248 g/mol. The monoisotopic (exact) mass is 264 g/mol. The van der Waals surface area contributed by atoms with Crippen LogP contribution < -0.4 is 0 Å². The van der Waals surface area contributed by atoms with Gasteiger partial charge in [0, 0.05) is 30.3 Å². The number of nitro benzene ring substituents is 1. The summed E-state index contributed by atoms with van der Waals surface area (Å²) in [6.07, 6.45) is 0.940. The molecule has 1 aromatic carbocycles. The molecule has 0 aliphatic carbocycles. The van der Waals surface area contributed by atoms with Gasteiger partial charge in [-0.05, 0) is 25.8 Å². The molecule has 1 amide bonds. The van der Waals surface area contributed by atoms with Gasteiger partial charge in [-0.1, -0.05) is 6.07 Å². The smallest absolute Gasteiger partial charge is 0.273 e. The summed E-state index contributed by atoms with van der Waals surface area (Å²) in [5.41, 5.74) is 0.657. The normalized spacial score (nSPS) is 19.3. The van der Waals surface area contributed by atoms with Gasteiger partial charge in [-0.25, -0.2) is 0 Å². The second-order valence-electron chi connectivity index (χ2n) is 4.75. The highest BCUT2D eigenvalue weighted by Crippen LogP contribution is 2.23. The van der Waals surface area contributed by atoms with Crippen molar-refractivity contribution in [3.05, 3.63) is 39.4 Å². The van der Waals surface area contributed by atoms with Crippen LogP contribution in [-0.2, 0) is 0 Å². The van der Waals surface area contributed by atoms with Gasteiger partial charge in [0.1, 0.15) is 0 Å². The first-order valence-corrected chi connectivity index (χ1v) is 6.22. The van der Waals surface area contributed by atoms with E-state index in [1.165, 1.54) is 12.1 Å². The standard InChI is InChI=1S/C13H16N2O4/c1-9-11(5-2-6-12(9)15(18)19)13(17)14-7-3-4-10(16)8-14/h2,5-6,10,16H,3-4,7-8H2,1H3. The summed E-state index contributed by atoms with van der Waals surface area (Å²) in [6.45, 7) is 2.45. The third-order valence-electron chi connectivity index (χ3n) is 3.42. The highest BCUT2D eigenvalue weighted by Gasteiger charge is 2.26. The molecular formula is C13H16N2O4. The van der Waals surface area contributed by atoms with Crippen molar-refractivity contribution in [2.45, 2.75) is 25.9 Å². The van der Waals surface area contributed by atoms with Crippen molar-refractivity contribution < 1.29 is 14.8 Å². The Kier molecular flexibility index (Phi) is 3.80. The van der Waals surface area contributed by atoms with E-state index in [-0.39, 0.29) is 11.6 Å². The summed E-state index contributed by atoms with van der Waals surface area (Å²) in [5.74, 6) is -0.250. The lowest BCUT2D eigenvalue weighted by atomic mass is 10.0. The zero-order chi connectivity index (χ0) is 14.0. The Bertz CT molecular complexity index is 515. The SMILES string of the molecule is Cc1c(C(=O)N2CCCC(O)C2)cccc1[N+](=O)[O-]. The molecule has 0 spiro atoms. The minimum atomic E-state index is -0.503. The largest absolute Gasteiger partial charge is 0.391 e. The van der Waals surface area contributed by atoms with E-state index in [1.54, 1.807) is 17.9 Å². The highest BCUT2D eigenvalue weighted by molar-refractivity contribution is 5.96. The van der Waals surface area contributed by atoms with Crippen molar-refractivity contribution >= 4 is 11.6 Å². The van der Waals surface area contributed by atoms with Gasteiger partial charge in [-0.2, -0.15) is 0 Å². The number of rotatable bonds is 2. The third-order valence-corrected chi connectivity index (χ3v) is 3.42. The summed E-state index contributed by atoms with van der Waals surface area (Å²) < 4.78 is 0. The predicted octanol–water partition coefficient (Wildman–Crippen LogP) is 1.50. The lowest BCUT2D eigenvalue weighted by molar-refractivity contribution is -0.385. The first-order chi connectivity index (χ1) is 9.00. The van der Waals surface area contributed by atoms with Crippen LogP contribution in [0.25, 0.3) is 0 Å². The minimum Gasteiger partial charge on any atom is -0.391 e. The van der Waals surface area contributed by atoms with Crippen LogP contribution in [0.2, 0.25) is 0 Å². The second-order valence-corrected chi connectivity index (χ2v) is 4.75. The van der Waals surface area contributed by atoms with Crippen LogP contribution in [-0.4, -0.2) is 40.0 Å². The molecule has 1 heterocycles. The molecule has 1 aromatic rings. The number of hydrogen-bond donors (Lipinski definition) is 1. The number of hydrogen-bond acceptors (Lipinski definition) is 4. The lowest BCUT2D eigenvalue weighted by Crippen LogP contribution is -2.42. The molecule has 1 unspecified atom stereocenters. The van der Waals surface area contributed by atoms with Crippen LogP contribution in [0.1, 0.15) is 28.8 Å². The Labute approximate surface area is 110 Å². The third kappa shape index (κ3) is 2.73. The van der Waals surface area contributed by atoms with Gasteiger partial charge in [-0.3, -0.25) is 14.9 Å². The molecule has 1 aliphatic rings. The van der Waals surface area contributed by atoms with Crippen molar-refractivity contribution in [2.24, 2.45) is 0 Å². The topological polar surface area (TPSA) is 83.7 Å². The number of aliphatic hydroxyl groups excluding tert-OH is 1. The molecule has 0 saturated carbocycles. The maximum atomic E-state index is 12.3. The molecule has 1 N–H and O–H groups in total. The molecule has 0 radical (unpaired) electrons. The van der Waals surface area contributed by atoms with Gasteiger partial charge in [0.2, 0.25) is 0 Å². The number of nitro groups is 1. The van der Waals surface area contributed by atoms with Crippen LogP contribution in [0.3, 0.4) is 0 Å². The quantitative estimate of drug-likeness (QED) is 0.648. The van der Waals surface area contributed by atoms with E-state index < -0.39 is 11.0 Å². The zero-order valence-electron chi connectivity index (χ0n) is 10.7. The number of carbonyl (C=O) groups excluding carboxylic acids is 1. The van der Waals surface area contributed by atoms with Crippen molar-refractivity contribution in [2.75, 3.05) is 13.1 Å². The zero-order valence-corrected chi connectivity index (χ0v) is 10.7. The number of piperidine rings is 1. The molecule has 6 heteroatoms. The van der Waals surface area contributed by atoms with E-state index in [0.717, 1.165) is 6.42 Å². The van der Waals surface area contributed by atoms with Crippen LogP contribution in [0, 0.1) is 17.0 Å². The summed E-state index contributed by atoms with van der Waals surface area (Å²) >= 11 is 0. The summed E-state index contributed by atoms with van der Waals surface area (Å²) in [4.78, 5) is 24.3. The molecule has 6 nitrogen and oxygen atoms in total. The number of nitrogens with zero attached hydrogens (tertiary/aromatic N) is 2. The van der Waals surface area contributed by atoms with E-state index in [4.69, 9.17) is 0 Å². The van der Waals surface area contributed by atoms with E-state index in [1.807, 2.05) is 0 Å². The Balaban J connectivity index is 2.28. The molecule has 102 valence electrons. The van der Waals surface area contributed by atoms with Gasteiger partial charge in [0.25, 0.3) is 11.6 Å². The number of benzene rings is 1. The van der Waals surface area contributed by atoms with E-state index in [2.05, 4.69) is 0 Å². The average molecular weight is 264 g/mol. The molecule has 1 fully saturated rings. The molecule has 1 saturated heterocycles. The fourth-order valence-corrected chi connectivity index (χ4v) is 2.36. The van der Waals surface area contributed by atoms with Crippen LogP contribution in [0.5, 0.6) is 0 Å². The number of β-amino-alcohol motifs (C(OH)–C–C–N with tert-alkyl or cyclic N) is 1. The van der Waals surface area contributed by atoms with Crippen LogP contribution in [0.4, 0.5) is 5.69 Å². The van der Waals surface area contributed by atoms with Gasteiger partial charge >= 0.3 is 0 Å². The van der Waals surface area contributed by atoms with E-state index >= 15 is 0 Å². The van der Waals surface area contributed by atoms with E-state index in [9.17, 15) is 20.0 Å². The molecule has 2 rings (SSSR count). The molecule has 0 aromatic heterocycles. The van der Waals surface area contributed by atoms with Crippen molar-refractivity contribution in [3.8, 4) is 0 Å². The van der Waals surface area contributed by atoms with Crippen molar-refractivity contribution in [1.82, 2.24) is 4.90 Å². The Morgan fingerprint density at radius 2 is 2.26 bits per heavy atom. The summed E-state index contributed by atoms with van der Waals surface area (Å²) in [6, 6.07) is 4.49. The highest BCUT2D eigenvalue weighted by atomic mass is 16.6. The fourth-order valence-electron chi connectivity index (χ4n) is 2.36. The first kappa shape index (κ1) is 13.5. The van der Waals surface area contributed by atoms with Gasteiger partial charge in [0.05, 0.1) is 11.0 Å². The van der Waals surface area contributed by atoms with Gasteiger partial charge < -0.3 is 10.0 Å². The van der Waals surface area contributed by atoms with Crippen molar-refractivity contribution in [1.29, 1.82) is 0 Å². The second kappa shape index (κ2) is 5.36. The van der Waals surface area contributed by atoms with Gasteiger partial charge in [-0.15, -0.1) is 0 Å². The van der Waals surface area contributed by atoms with Gasteiger partial charge in [0.15, 0.2) is 0 Å². The molecule has 0 bridgehead atoms. The van der Waals surface area contributed by atoms with Crippen molar-refractivity contribution in [3.63, 3.8) is 0 Å². The minimum absolute atomic E-state index is 0.0524. The van der Waals surface area contributed by atoms with E-state index in [0.29, 0.717) is 30.6 Å². The lowest BCUT2D eigenvalue weighted by Gasteiger charge is -2.30. The molecule has 1 atom stereocenters. The Hall–Kier alpha value is -1.95. The number of amides is 1. The molecule has 19 heavy (non-hydrogen) atoms. The number of carbonyl (C=O) groups is 1. The Morgan fingerprint density at radius 1 is 1.53 bits per heavy atom. The predicted molar refractivity (Wildman–Crippen MR) is 69.0 cm³/mol. The first-order valence-electron chi connectivity index (χ1n) is 6.22. The summed E-state index contributed by atoms with van der Waals surface area (Å²) in [7, 11) is 0. The number of aliphatic hydroxyl groups is 1.